The fourth-order valence-electron chi connectivity index (χ4n) is 8.68. The van der Waals surface area contributed by atoms with Gasteiger partial charge in [-0.3, -0.25) is 0 Å². The zero-order chi connectivity index (χ0) is 37.2. The Balaban J connectivity index is 0.000000143. The minimum Gasteiger partial charge on any atom is -0.309 e. The predicted octanol–water partition coefficient (Wildman–Crippen LogP) is 15.4. The fourth-order valence-corrected chi connectivity index (χ4v) is 9.40. The number of hydrogen-bond donors (Lipinski definition) is 0. The standard InChI is InChI=1S/C25H19Br2N.C25H21N/c1-25(2)20-14-17(26)10-12-23(20)28(24-13-11-18(27)15-21(24)25)22-9-5-7-16-6-3-4-8-19(16)22;1-25(2)20-13-5-7-15-23(20)26(24-16-8-6-14-21(24)25)22-17-9-11-18-10-3-4-12-19(18)22/h3-15H,1-2H3;3-17H,1-2H3. The molecule has 264 valence electrons. The highest BCUT2D eigenvalue weighted by atomic mass is 79.9. The Bertz CT molecular complexity index is 2610. The molecule has 4 heteroatoms. The second-order valence-electron chi connectivity index (χ2n) is 15.3. The van der Waals surface area contributed by atoms with Gasteiger partial charge in [0.25, 0.3) is 0 Å². The molecule has 2 aliphatic heterocycles. The van der Waals surface area contributed by atoms with Crippen LogP contribution in [0.2, 0.25) is 0 Å². The van der Waals surface area contributed by atoms with E-state index in [4.69, 9.17) is 0 Å². The van der Waals surface area contributed by atoms with E-state index in [0.717, 1.165) is 8.95 Å². The first-order valence-corrected chi connectivity index (χ1v) is 20.1. The monoisotopic (exact) mass is 826 g/mol. The van der Waals surface area contributed by atoms with Crippen LogP contribution < -0.4 is 9.80 Å². The molecule has 0 N–H and O–H groups in total. The van der Waals surface area contributed by atoms with Crippen molar-refractivity contribution < 1.29 is 0 Å². The molecule has 0 fully saturated rings. The molecule has 0 radical (unpaired) electrons. The van der Waals surface area contributed by atoms with Gasteiger partial charge in [0.2, 0.25) is 0 Å². The van der Waals surface area contributed by atoms with Gasteiger partial charge in [-0.05, 0) is 93.7 Å². The lowest BCUT2D eigenvalue weighted by molar-refractivity contribution is 0.631. The largest absolute Gasteiger partial charge is 0.309 e. The van der Waals surface area contributed by atoms with Crippen LogP contribution in [0.1, 0.15) is 49.9 Å². The van der Waals surface area contributed by atoms with Gasteiger partial charge >= 0.3 is 0 Å². The van der Waals surface area contributed by atoms with Crippen LogP contribution in [0.25, 0.3) is 21.5 Å². The number of fused-ring (bicyclic) bond motifs is 6. The topological polar surface area (TPSA) is 6.48 Å². The van der Waals surface area contributed by atoms with Crippen LogP contribution in [0.4, 0.5) is 34.1 Å². The molecule has 0 amide bonds. The van der Waals surface area contributed by atoms with E-state index < -0.39 is 0 Å². The summed E-state index contributed by atoms with van der Waals surface area (Å²) in [7, 11) is 0. The molecule has 0 unspecified atom stereocenters. The lowest BCUT2D eigenvalue weighted by Gasteiger charge is -2.42. The highest BCUT2D eigenvalue weighted by Gasteiger charge is 2.38. The highest BCUT2D eigenvalue weighted by molar-refractivity contribution is 9.10. The predicted molar refractivity (Wildman–Crippen MR) is 237 cm³/mol. The van der Waals surface area contributed by atoms with Crippen molar-refractivity contribution in [1.82, 2.24) is 0 Å². The molecule has 2 aliphatic rings. The number of rotatable bonds is 2. The molecule has 0 saturated carbocycles. The number of hydrogen-bond acceptors (Lipinski definition) is 2. The third-order valence-corrected chi connectivity index (χ3v) is 12.4. The highest BCUT2D eigenvalue weighted by Crippen LogP contribution is 2.55. The molecule has 0 spiro atoms. The Hall–Kier alpha value is -5.16. The summed E-state index contributed by atoms with van der Waals surface area (Å²) in [6.07, 6.45) is 0. The van der Waals surface area contributed by atoms with Crippen LogP contribution in [0.5, 0.6) is 0 Å². The van der Waals surface area contributed by atoms with Gasteiger partial charge in [0.1, 0.15) is 0 Å². The minimum atomic E-state index is -0.0979. The third-order valence-electron chi connectivity index (χ3n) is 11.4. The van der Waals surface area contributed by atoms with Crippen LogP contribution >= 0.6 is 31.9 Å². The lowest BCUT2D eigenvalue weighted by atomic mass is 9.73. The van der Waals surface area contributed by atoms with Gasteiger partial charge in [0.15, 0.2) is 0 Å². The Labute approximate surface area is 335 Å². The smallest absolute Gasteiger partial charge is 0.0540 e. The molecule has 2 nitrogen and oxygen atoms in total. The summed E-state index contributed by atoms with van der Waals surface area (Å²) in [4.78, 5) is 4.84. The Kier molecular flexibility index (Phi) is 8.52. The summed E-state index contributed by atoms with van der Waals surface area (Å²) in [5, 5.41) is 5.05. The first-order valence-electron chi connectivity index (χ1n) is 18.5. The summed E-state index contributed by atoms with van der Waals surface area (Å²) in [5.74, 6) is 0. The molecule has 8 aromatic rings. The van der Waals surface area contributed by atoms with Crippen LogP contribution in [-0.2, 0) is 10.8 Å². The van der Waals surface area contributed by atoms with Crippen LogP contribution in [0, 0.1) is 0 Å². The SMILES string of the molecule is CC1(C)c2cc(Br)ccc2N(c2cccc3ccccc23)c2ccc(Br)cc21.CC1(C)c2ccccc2N(c2cccc3ccccc23)c2ccccc21. The average molecular weight is 829 g/mol. The second-order valence-corrected chi connectivity index (χ2v) is 17.1. The van der Waals surface area contributed by atoms with Gasteiger partial charge in [-0.2, -0.15) is 0 Å². The maximum Gasteiger partial charge on any atom is 0.0540 e. The van der Waals surface area contributed by atoms with Crippen molar-refractivity contribution in [2.24, 2.45) is 0 Å². The minimum absolute atomic E-state index is 0.0196. The van der Waals surface area contributed by atoms with E-state index in [-0.39, 0.29) is 10.8 Å². The molecular weight excluding hydrogens is 788 g/mol. The molecule has 2 heterocycles. The van der Waals surface area contributed by atoms with E-state index in [0.29, 0.717) is 0 Å². The molecule has 0 saturated heterocycles. The van der Waals surface area contributed by atoms with E-state index in [1.165, 1.54) is 77.9 Å². The van der Waals surface area contributed by atoms with E-state index in [2.05, 4.69) is 239 Å². The van der Waals surface area contributed by atoms with Crippen LogP contribution in [0.3, 0.4) is 0 Å². The van der Waals surface area contributed by atoms with E-state index >= 15 is 0 Å². The fraction of sp³-hybridized carbons (Fsp3) is 0.120. The zero-order valence-corrected chi connectivity index (χ0v) is 34.0. The molecular formula is C50H40Br2N2. The number of benzene rings is 8. The number of para-hydroxylation sites is 2. The summed E-state index contributed by atoms with van der Waals surface area (Å²) >= 11 is 7.37. The molecule has 8 aromatic carbocycles. The van der Waals surface area contributed by atoms with Crippen molar-refractivity contribution in [2.45, 2.75) is 38.5 Å². The lowest BCUT2D eigenvalue weighted by Crippen LogP contribution is -2.30. The van der Waals surface area contributed by atoms with E-state index in [9.17, 15) is 0 Å². The van der Waals surface area contributed by atoms with Gasteiger partial charge in [0, 0.05) is 30.5 Å². The van der Waals surface area contributed by atoms with Crippen molar-refractivity contribution >= 4 is 87.5 Å². The summed E-state index contributed by atoms with van der Waals surface area (Å²) in [5.41, 5.74) is 12.7. The van der Waals surface area contributed by atoms with Crippen molar-refractivity contribution in [2.75, 3.05) is 9.80 Å². The maximum atomic E-state index is 3.68. The molecule has 10 rings (SSSR count). The molecule has 0 aromatic heterocycles. The van der Waals surface area contributed by atoms with E-state index in [1.54, 1.807) is 0 Å². The van der Waals surface area contributed by atoms with Gasteiger partial charge in [-0.25, -0.2) is 0 Å². The van der Waals surface area contributed by atoms with Gasteiger partial charge < -0.3 is 9.80 Å². The summed E-state index contributed by atoms with van der Waals surface area (Å²) < 4.78 is 2.21. The van der Waals surface area contributed by atoms with Gasteiger partial charge in [-0.1, -0.05) is 169 Å². The first kappa shape index (κ1) is 34.6. The van der Waals surface area contributed by atoms with Crippen molar-refractivity contribution in [3.05, 3.63) is 201 Å². The number of halogens is 2. The maximum absolute atomic E-state index is 3.68. The number of nitrogens with zero attached hydrogens (tertiary/aromatic N) is 2. The molecule has 0 atom stereocenters. The number of anilines is 6. The van der Waals surface area contributed by atoms with Gasteiger partial charge in [0.05, 0.1) is 34.1 Å². The molecule has 54 heavy (non-hydrogen) atoms. The van der Waals surface area contributed by atoms with Crippen LogP contribution in [0.15, 0.2) is 179 Å². The zero-order valence-electron chi connectivity index (χ0n) is 30.8. The van der Waals surface area contributed by atoms with Crippen molar-refractivity contribution in [3.63, 3.8) is 0 Å². The Morgan fingerprint density at radius 1 is 0.333 bits per heavy atom. The third kappa shape index (κ3) is 5.58. The van der Waals surface area contributed by atoms with Crippen molar-refractivity contribution in [1.29, 1.82) is 0 Å². The summed E-state index contributed by atoms with van der Waals surface area (Å²) in [6, 6.07) is 61.2. The second kappa shape index (κ2) is 13.3. The quantitative estimate of drug-likeness (QED) is 0.171. The van der Waals surface area contributed by atoms with Crippen molar-refractivity contribution in [3.8, 4) is 0 Å². The Morgan fingerprint density at radius 3 is 1.13 bits per heavy atom. The van der Waals surface area contributed by atoms with Crippen LogP contribution in [-0.4, -0.2) is 0 Å². The normalized spacial score (nSPS) is 14.7. The average Bonchev–Trinajstić information content (AvgIpc) is 3.19. The van der Waals surface area contributed by atoms with E-state index in [1.807, 2.05) is 0 Å². The Morgan fingerprint density at radius 2 is 0.667 bits per heavy atom. The summed E-state index contributed by atoms with van der Waals surface area (Å²) in [6.45, 7) is 9.27. The molecule has 0 bridgehead atoms. The van der Waals surface area contributed by atoms with Gasteiger partial charge in [-0.15, -0.1) is 0 Å². The molecule has 0 aliphatic carbocycles. The first-order chi connectivity index (χ1) is 26.1.